The molecule has 1 heterocycles. The van der Waals surface area contributed by atoms with Gasteiger partial charge in [-0.15, -0.1) is 0 Å². The molecule has 2 rings (SSSR count). The maximum absolute atomic E-state index is 12.6. The molecule has 1 aromatic carbocycles. The standard InChI is InChI=1S/C18H26N2O2/c1-6-13-9-7-8-12(2)16(13)19-17(22)14-10-15(21)20(11-14)18(3,4)5/h7-9,14H,6,10-11H2,1-5H3,(H,19,22)/t14-/m0/s1. The SMILES string of the molecule is CCc1cccc(C)c1NC(=O)[C@H]1CC(=O)N(C(C)(C)C)C1. The number of likely N-dealkylation sites (tertiary alicyclic amines) is 1. The van der Waals surface area contributed by atoms with Crippen LogP contribution in [0.1, 0.15) is 45.2 Å². The van der Waals surface area contributed by atoms with Crippen molar-refractivity contribution in [3.8, 4) is 0 Å². The molecule has 4 nitrogen and oxygen atoms in total. The minimum atomic E-state index is -0.268. The van der Waals surface area contributed by atoms with Crippen LogP contribution in [0.3, 0.4) is 0 Å². The molecule has 0 unspecified atom stereocenters. The second-order valence-corrected chi connectivity index (χ2v) is 7.03. The lowest BCUT2D eigenvalue weighted by Gasteiger charge is -2.32. The zero-order valence-corrected chi connectivity index (χ0v) is 14.2. The monoisotopic (exact) mass is 302 g/mol. The summed E-state index contributed by atoms with van der Waals surface area (Å²) in [5.74, 6) is -0.256. The Kier molecular flexibility index (Phi) is 4.59. The fraction of sp³-hybridized carbons (Fsp3) is 0.556. The van der Waals surface area contributed by atoms with Crippen molar-refractivity contribution in [3.63, 3.8) is 0 Å². The molecule has 22 heavy (non-hydrogen) atoms. The molecule has 1 saturated heterocycles. The van der Waals surface area contributed by atoms with E-state index in [1.807, 2.05) is 45.9 Å². The van der Waals surface area contributed by atoms with E-state index in [-0.39, 0.29) is 23.3 Å². The molecule has 0 radical (unpaired) electrons. The fourth-order valence-corrected chi connectivity index (χ4v) is 2.96. The van der Waals surface area contributed by atoms with Crippen molar-refractivity contribution in [2.24, 2.45) is 5.92 Å². The van der Waals surface area contributed by atoms with Crippen LogP contribution in [-0.4, -0.2) is 28.8 Å². The molecule has 4 heteroatoms. The van der Waals surface area contributed by atoms with Gasteiger partial charge in [-0.25, -0.2) is 0 Å². The summed E-state index contributed by atoms with van der Waals surface area (Å²) in [6.45, 7) is 10.6. The van der Waals surface area contributed by atoms with Gasteiger partial charge in [-0.05, 0) is 45.2 Å². The van der Waals surface area contributed by atoms with Gasteiger partial charge in [0.2, 0.25) is 11.8 Å². The summed E-state index contributed by atoms with van der Waals surface area (Å²) in [5.41, 5.74) is 2.86. The summed E-state index contributed by atoms with van der Waals surface area (Å²) in [4.78, 5) is 26.5. The lowest BCUT2D eigenvalue weighted by Crippen LogP contribution is -2.42. The van der Waals surface area contributed by atoms with E-state index in [0.717, 1.165) is 23.2 Å². The molecular formula is C18H26N2O2. The number of amides is 2. The maximum atomic E-state index is 12.6. The number of aryl methyl sites for hydroxylation is 2. The lowest BCUT2D eigenvalue weighted by molar-refractivity contribution is -0.131. The average molecular weight is 302 g/mol. The van der Waals surface area contributed by atoms with Gasteiger partial charge in [-0.2, -0.15) is 0 Å². The lowest BCUT2D eigenvalue weighted by atomic mass is 10.0. The number of rotatable bonds is 3. The van der Waals surface area contributed by atoms with Gasteiger partial charge in [-0.3, -0.25) is 9.59 Å². The van der Waals surface area contributed by atoms with E-state index in [0.29, 0.717) is 13.0 Å². The third kappa shape index (κ3) is 3.32. The van der Waals surface area contributed by atoms with Crippen LogP contribution >= 0.6 is 0 Å². The van der Waals surface area contributed by atoms with Crippen LogP contribution in [0, 0.1) is 12.8 Å². The highest BCUT2D eigenvalue weighted by molar-refractivity contribution is 5.98. The molecular weight excluding hydrogens is 276 g/mol. The summed E-state index contributed by atoms with van der Waals surface area (Å²) in [7, 11) is 0. The number of carbonyl (C=O) groups is 2. The third-order valence-corrected chi connectivity index (χ3v) is 4.29. The first-order valence-corrected chi connectivity index (χ1v) is 7.94. The van der Waals surface area contributed by atoms with Crippen LogP contribution in [0.15, 0.2) is 18.2 Å². The number of hydrogen-bond acceptors (Lipinski definition) is 2. The predicted octanol–water partition coefficient (Wildman–Crippen LogP) is 3.14. The first-order chi connectivity index (χ1) is 10.2. The molecule has 1 fully saturated rings. The van der Waals surface area contributed by atoms with Gasteiger partial charge in [0.1, 0.15) is 0 Å². The Morgan fingerprint density at radius 1 is 1.36 bits per heavy atom. The van der Waals surface area contributed by atoms with Crippen molar-refractivity contribution >= 4 is 17.5 Å². The number of benzene rings is 1. The number of nitrogens with zero attached hydrogens (tertiary/aromatic N) is 1. The highest BCUT2D eigenvalue weighted by Gasteiger charge is 2.39. The largest absolute Gasteiger partial charge is 0.337 e. The Balaban J connectivity index is 2.13. The van der Waals surface area contributed by atoms with Crippen LogP contribution in [0.5, 0.6) is 0 Å². The van der Waals surface area contributed by atoms with E-state index in [1.165, 1.54) is 0 Å². The molecule has 0 aromatic heterocycles. The second kappa shape index (κ2) is 6.11. The van der Waals surface area contributed by atoms with E-state index >= 15 is 0 Å². The zero-order valence-electron chi connectivity index (χ0n) is 14.2. The Morgan fingerprint density at radius 2 is 2.05 bits per heavy atom. The van der Waals surface area contributed by atoms with Crippen LogP contribution in [0.25, 0.3) is 0 Å². The Hall–Kier alpha value is -1.84. The molecule has 1 aromatic rings. The predicted molar refractivity (Wildman–Crippen MR) is 88.8 cm³/mol. The van der Waals surface area contributed by atoms with Crippen molar-refractivity contribution < 1.29 is 9.59 Å². The molecule has 0 aliphatic carbocycles. The Labute approximate surface area is 132 Å². The molecule has 2 amide bonds. The van der Waals surface area contributed by atoms with Gasteiger partial charge in [0.05, 0.1) is 5.92 Å². The van der Waals surface area contributed by atoms with Crippen LogP contribution in [0.4, 0.5) is 5.69 Å². The van der Waals surface area contributed by atoms with Crippen molar-refractivity contribution in [1.29, 1.82) is 0 Å². The molecule has 0 saturated carbocycles. The molecule has 1 aliphatic rings. The normalized spacial score (nSPS) is 18.7. The minimum absolute atomic E-state index is 0.0518. The molecule has 1 N–H and O–H groups in total. The van der Waals surface area contributed by atoms with Crippen LogP contribution in [0.2, 0.25) is 0 Å². The second-order valence-electron chi connectivity index (χ2n) is 7.03. The summed E-state index contributed by atoms with van der Waals surface area (Å²) in [6.07, 6.45) is 1.17. The van der Waals surface area contributed by atoms with Crippen LogP contribution < -0.4 is 5.32 Å². The molecule has 0 spiro atoms. The smallest absolute Gasteiger partial charge is 0.229 e. The summed E-state index contributed by atoms with van der Waals surface area (Å²) in [5, 5.41) is 3.05. The summed E-state index contributed by atoms with van der Waals surface area (Å²) in [6, 6.07) is 6.03. The first kappa shape index (κ1) is 16.5. The van der Waals surface area contributed by atoms with Gasteiger partial charge in [0.15, 0.2) is 0 Å². The van der Waals surface area contributed by atoms with Gasteiger partial charge in [0, 0.05) is 24.2 Å². The number of para-hydroxylation sites is 1. The molecule has 120 valence electrons. The van der Waals surface area contributed by atoms with E-state index < -0.39 is 0 Å². The number of anilines is 1. The maximum Gasteiger partial charge on any atom is 0.229 e. The van der Waals surface area contributed by atoms with E-state index in [2.05, 4.69) is 12.2 Å². The van der Waals surface area contributed by atoms with E-state index in [4.69, 9.17) is 0 Å². The fourth-order valence-electron chi connectivity index (χ4n) is 2.96. The van der Waals surface area contributed by atoms with Gasteiger partial charge in [-0.1, -0.05) is 25.1 Å². The van der Waals surface area contributed by atoms with Gasteiger partial charge in [0.25, 0.3) is 0 Å². The number of nitrogens with one attached hydrogen (secondary N) is 1. The number of carbonyl (C=O) groups excluding carboxylic acids is 2. The molecule has 1 atom stereocenters. The van der Waals surface area contributed by atoms with E-state index in [1.54, 1.807) is 4.90 Å². The van der Waals surface area contributed by atoms with Gasteiger partial charge < -0.3 is 10.2 Å². The third-order valence-electron chi connectivity index (χ3n) is 4.29. The highest BCUT2D eigenvalue weighted by atomic mass is 16.2. The average Bonchev–Trinajstić information content (AvgIpc) is 2.83. The van der Waals surface area contributed by atoms with Gasteiger partial charge >= 0.3 is 0 Å². The number of hydrogen-bond donors (Lipinski definition) is 1. The van der Waals surface area contributed by atoms with Crippen molar-refractivity contribution in [1.82, 2.24) is 4.90 Å². The highest BCUT2D eigenvalue weighted by Crippen LogP contribution is 2.28. The summed E-state index contributed by atoms with van der Waals surface area (Å²) < 4.78 is 0. The Morgan fingerprint density at radius 3 is 2.59 bits per heavy atom. The van der Waals surface area contributed by atoms with Crippen LogP contribution in [-0.2, 0) is 16.0 Å². The molecule has 0 bridgehead atoms. The van der Waals surface area contributed by atoms with Crippen molar-refractivity contribution in [2.75, 3.05) is 11.9 Å². The van der Waals surface area contributed by atoms with E-state index in [9.17, 15) is 9.59 Å². The summed E-state index contributed by atoms with van der Waals surface area (Å²) >= 11 is 0. The van der Waals surface area contributed by atoms with Crippen molar-refractivity contribution in [2.45, 2.75) is 53.0 Å². The Bertz CT molecular complexity index is 587. The minimum Gasteiger partial charge on any atom is -0.337 e. The molecule has 1 aliphatic heterocycles. The quantitative estimate of drug-likeness (QED) is 0.932. The van der Waals surface area contributed by atoms with Crippen molar-refractivity contribution in [3.05, 3.63) is 29.3 Å². The first-order valence-electron chi connectivity index (χ1n) is 7.94. The zero-order chi connectivity index (χ0) is 16.5. The topological polar surface area (TPSA) is 49.4 Å².